The third kappa shape index (κ3) is 1.76. The smallest absolute Gasteiger partial charge is 0.193 e. The van der Waals surface area contributed by atoms with Crippen molar-refractivity contribution in [2.45, 2.75) is 6.54 Å². The molecule has 0 saturated carbocycles. The molecule has 0 fully saturated rings. The zero-order valence-electron chi connectivity index (χ0n) is 9.95. The monoisotopic (exact) mass is 287 g/mol. The molecule has 4 rings (SSSR count). The maximum absolute atomic E-state index is 6.19. The van der Waals surface area contributed by atoms with Gasteiger partial charge in [0.15, 0.2) is 4.96 Å². The number of aromatic nitrogens is 3. The summed E-state index contributed by atoms with van der Waals surface area (Å²) < 4.78 is 4.23. The van der Waals surface area contributed by atoms with E-state index >= 15 is 0 Å². The number of thiazole rings is 1. The van der Waals surface area contributed by atoms with Gasteiger partial charge in [-0.1, -0.05) is 17.7 Å². The number of hydrogen-bond donors (Lipinski definition) is 0. The number of benzene rings is 1. The maximum atomic E-state index is 6.19. The SMILES string of the molecule is Clc1cccc2c1ccn2Cc1cn2ccsc2n1. The van der Waals surface area contributed by atoms with Crippen molar-refractivity contribution in [1.29, 1.82) is 0 Å². The van der Waals surface area contributed by atoms with Gasteiger partial charge in [-0.15, -0.1) is 11.3 Å². The molecule has 0 bridgehead atoms. The van der Waals surface area contributed by atoms with Crippen molar-refractivity contribution in [3.05, 3.63) is 59.0 Å². The Kier molecular flexibility index (Phi) is 2.40. The molecule has 0 N–H and O–H groups in total. The van der Waals surface area contributed by atoms with Crippen LogP contribution >= 0.6 is 22.9 Å². The number of hydrogen-bond acceptors (Lipinski definition) is 2. The molecule has 0 spiro atoms. The fraction of sp³-hybridized carbons (Fsp3) is 0.0714. The van der Waals surface area contributed by atoms with Crippen LogP contribution in [0.1, 0.15) is 5.69 Å². The molecule has 19 heavy (non-hydrogen) atoms. The van der Waals surface area contributed by atoms with Crippen LogP contribution in [0.25, 0.3) is 15.9 Å². The van der Waals surface area contributed by atoms with Crippen molar-refractivity contribution in [3.8, 4) is 0 Å². The lowest BCUT2D eigenvalue weighted by Gasteiger charge is -2.03. The molecular formula is C14H10ClN3S. The van der Waals surface area contributed by atoms with E-state index < -0.39 is 0 Å². The topological polar surface area (TPSA) is 22.2 Å². The summed E-state index contributed by atoms with van der Waals surface area (Å²) in [6.45, 7) is 0.762. The maximum Gasteiger partial charge on any atom is 0.193 e. The fourth-order valence-corrected chi connectivity index (χ4v) is 3.30. The summed E-state index contributed by atoms with van der Waals surface area (Å²) in [6.07, 6.45) is 6.16. The molecule has 0 aliphatic heterocycles. The molecule has 0 saturated heterocycles. The molecular weight excluding hydrogens is 278 g/mol. The highest BCUT2D eigenvalue weighted by Crippen LogP contribution is 2.25. The highest BCUT2D eigenvalue weighted by molar-refractivity contribution is 7.15. The Morgan fingerprint density at radius 2 is 2.16 bits per heavy atom. The van der Waals surface area contributed by atoms with Gasteiger partial charge in [-0.2, -0.15) is 0 Å². The average Bonchev–Trinajstić information content (AvgIpc) is 3.05. The molecule has 3 nitrogen and oxygen atoms in total. The van der Waals surface area contributed by atoms with Gasteiger partial charge in [0.2, 0.25) is 0 Å². The molecule has 94 valence electrons. The first kappa shape index (κ1) is 11.1. The van der Waals surface area contributed by atoms with Crippen molar-refractivity contribution in [3.63, 3.8) is 0 Å². The summed E-state index contributed by atoms with van der Waals surface area (Å²) in [5.41, 5.74) is 2.20. The number of imidazole rings is 1. The van der Waals surface area contributed by atoms with Crippen LogP contribution in [0.5, 0.6) is 0 Å². The molecule has 0 radical (unpaired) electrons. The summed E-state index contributed by atoms with van der Waals surface area (Å²) in [5, 5.41) is 3.92. The van der Waals surface area contributed by atoms with E-state index in [0.29, 0.717) is 0 Å². The molecule has 0 aliphatic rings. The second-order valence-electron chi connectivity index (χ2n) is 4.44. The van der Waals surface area contributed by atoms with Gasteiger partial charge in [0.05, 0.1) is 12.2 Å². The molecule has 0 amide bonds. The van der Waals surface area contributed by atoms with Crippen LogP contribution in [0.15, 0.2) is 48.2 Å². The quantitative estimate of drug-likeness (QED) is 0.545. The molecule has 5 heteroatoms. The van der Waals surface area contributed by atoms with Crippen molar-refractivity contribution in [2.75, 3.05) is 0 Å². The van der Waals surface area contributed by atoms with E-state index in [0.717, 1.165) is 33.1 Å². The zero-order valence-corrected chi connectivity index (χ0v) is 11.5. The van der Waals surface area contributed by atoms with Crippen molar-refractivity contribution in [2.24, 2.45) is 0 Å². The Bertz CT molecular complexity index is 843. The Morgan fingerprint density at radius 3 is 3.05 bits per heavy atom. The van der Waals surface area contributed by atoms with E-state index in [1.54, 1.807) is 11.3 Å². The fourth-order valence-electron chi connectivity index (χ4n) is 2.35. The third-order valence-electron chi connectivity index (χ3n) is 3.24. The molecule has 0 unspecified atom stereocenters. The minimum absolute atomic E-state index is 0.762. The number of halogens is 1. The number of nitrogens with zero attached hydrogens (tertiary/aromatic N) is 3. The van der Waals surface area contributed by atoms with Crippen LogP contribution in [0.3, 0.4) is 0 Å². The first-order valence-corrected chi connectivity index (χ1v) is 7.21. The van der Waals surface area contributed by atoms with Gasteiger partial charge in [-0.3, -0.25) is 4.40 Å². The van der Waals surface area contributed by atoms with Gasteiger partial charge in [-0.25, -0.2) is 4.98 Å². The van der Waals surface area contributed by atoms with E-state index in [9.17, 15) is 0 Å². The average molecular weight is 288 g/mol. The number of rotatable bonds is 2. The molecule has 0 atom stereocenters. The summed E-state index contributed by atoms with van der Waals surface area (Å²) >= 11 is 7.84. The highest BCUT2D eigenvalue weighted by Gasteiger charge is 2.07. The van der Waals surface area contributed by atoms with Crippen LogP contribution < -0.4 is 0 Å². The summed E-state index contributed by atoms with van der Waals surface area (Å²) in [6, 6.07) is 8.03. The van der Waals surface area contributed by atoms with E-state index in [1.165, 1.54) is 0 Å². The molecule has 3 aromatic heterocycles. The van der Waals surface area contributed by atoms with Crippen molar-refractivity contribution in [1.82, 2.24) is 14.0 Å². The summed E-state index contributed by atoms with van der Waals surface area (Å²) in [7, 11) is 0. The Hall–Kier alpha value is -1.78. The molecule has 0 aliphatic carbocycles. The van der Waals surface area contributed by atoms with Gasteiger partial charge in [0.25, 0.3) is 0 Å². The standard InChI is InChI=1S/C14H10ClN3S/c15-12-2-1-3-13-11(12)4-5-17(13)8-10-9-18-6-7-19-14(18)16-10/h1-7,9H,8H2. The van der Waals surface area contributed by atoms with E-state index in [1.807, 2.05) is 23.7 Å². The lowest BCUT2D eigenvalue weighted by molar-refractivity contribution is 0.815. The first-order chi connectivity index (χ1) is 9.31. The minimum Gasteiger partial charge on any atom is -0.341 e. The Balaban J connectivity index is 1.78. The van der Waals surface area contributed by atoms with E-state index in [-0.39, 0.29) is 0 Å². The van der Waals surface area contributed by atoms with Crippen LogP contribution in [-0.4, -0.2) is 14.0 Å². The minimum atomic E-state index is 0.762. The van der Waals surface area contributed by atoms with Gasteiger partial charge >= 0.3 is 0 Å². The van der Waals surface area contributed by atoms with Crippen molar-refractivity contribution < 1.29 is 0 Å². The second kappa shape index (κ2) is 4.11. The Morgan fingerprint density at radius 1 is 1.21 bits per heavy atom. The molecule has 3 heterocycles. The largest absolute Gasteiger partial charge is 0.341 e. The normalized spacial score (nSPS) is 11.6. The summed E-state index contributed by atoms with van der Waals surface area (Å²) in [4.78, 5) is 5.64. The van der Waals surface area contributed by atoms with Crippen molar-refractivity contribution >= 4 is 38.8 Å². The van der Waals surface area contributed by atoms with Gasteiger partial charge in [-0.05, 0) is 18.2 Å². The van der Waals surface area contributed by atoms with Gasteiger partial charge < -0.3 is 4.57 Å². The highest BCUT2D eigenvalue weighted by atomic mass is 35.5. The predicted octanol–water partition coefficient (Wildman–Crippen LogP) is 4.05. The lowest BCUT2D eigenvalue weighted by Crippen LogP contribution is -1.97. The lowest BCUT2D eigenvalue weighted by atomic mass is 10.2. The van der Waals surface area contributed by atoms with Crippen LogP contribution in [-0.2, 0) is 6.54 Å². The van der Waals surface area contributed by atoms with E-state index in [2.05, 4.69) is 38.5 Å². The molecule has 1 aromatic carbocycles. The third-order valence-corrected chi connectivity index (χ3v) is 4.34. The van der Waals surface area contributed by atoms with E-state index in [4.69, 9.17) is 11.6 Å². The van der Waals surface area contributed by atoms with Crippen LogP contribution in [0.2, 0.25) is 5.02 Å². The van der Waals surface area contributed by atoms with Gasteiger partial charge in [0.1, 0.15) is 0 Å². The predicted molar refractivity (Wildman–Crippen MR) is 79.1 cm³/mol. The molecule has 4 aromatic rings. The summed E-state index contributed by atoms with van der Waals surface area (Å²) in [5.74, 6) is 0. The first-order valence-electron chi connectivity index (χ1n) is 5.96. The zero-order chi connectivity index (χ0) is 12.8. The van der Waals surface area contributed by atoms with Crippen LogP contribution in [0, 0.1) is 0 Å². The second-order valence-corrected chi connectivity index (χ2v) is 5.72. The Labute approximate surface area is 118 Å². The number of fused-ring (bicyclic) bond motifs is 2. The van der Waals surface area contributed by atoms with Crippen LogP contribution in [0.4, 0.5) is 0 Å². The van der Waals surface area contributed by atoms with Gasteiger partial charge in [0, 0.05) is 39.9 Å².